The van der Waals surface area contributed by atoms with E-state index >= 15 is 0 Å². The van der Waals surface area contributed by atoms with Crippen molar-refractivity contribution in [1.82, 2.24) is 5.43 Å². The fourth-order valence-electron chi connectivity index (χ4n) is 3.33. The van der Waals surface area contributed by atoms with Gasteiger partial charge in [-0.3, -0.25) is 9.59 Å². The highest BCUT2D eigenvalue weighted by Crippen LogP contribution is 2.36. The number of nitrogens with zero attached hydrogens (tertiary/aromatic N) is 1. The molecule has 0 radical (unpaired) electrons. The van der Waals surface area contributed by atoms with E-state index in [2.05, 4.69) is 15.8 Å². The Morgan fingerprint density at radius 2 is 1.69 bits per heavy atom. The SMILES string of the molecule is CCCOc1ccc(C(=O)N/N=C/c2cc(Cl)c(OCC(=O)Nc3ccc(C)c(Cl)c3)c(OC)c2)cc1OC. The van der Waals surface area contributed by atoms with Crippen LogP contribution in [-0.4, -0.2) is 45.5 Å². The van der Waals surface area contributed by atoms with Crippen LogP contribution in [0.1, 0.15) is 34.8 Å². The number of methoxy groups -OCH3 is 2. The number of amides is 2. The highest BCUT2D eigenvalue weighted by Gasteiger charge is 2.15. The monoisotopic (exact) mass is 573 g/mol. The van der Waals surface area contributed by atoms with E-state index in [0.717, 1.165) is 12.0 Å². The van der Waals surface area contributed by atoms with Crippen LogP contribution in [0.2, 0.25) is 10.0 Å². The van der Waals surface area contributed by atoms with E-state index in [9.17, 15) is 9.59 Å². The van der Waals surface area contributed by atoms with Gasteiger partial charge in [-0.05, 0) is 66.9 Å². The van der Waals surface area contributed by atoms with Crippen LogP contribution in [0.15, 0.2) is 53.6 Å². The van der Waals surface area contributed by atoms with Crippen LogP contribution in [-0.2, 0) is 4.79 Å². The molecule has 2 amide bonds. The van der Waals surface area contributed by atoms with Gasteiger partial charge in [0.2, 0.25) is 0 Å². The van der Waals surface area contributed by atoms with Gasteiger partial charge in [0.05, 0.1) is 32.1 Å². The number of hydrogen-bond acceptors (Lipinski definition) is 7. The van der Waals surface area contributed by atoms with E-state index in [0.29, 0.717) is 39.9 Å². The van der Waals surface area contributed by atoms with Gasteiger partial charge in [-0.2, -0.15) is 5.10 Å². The van der Waals surface area contributed by atoms with Gasteiger partial charge >= 0.3 is 0 Å². The number of ether oxygens (including phenoxy) is 4. The molecule has 0 aliphatic heterocycles. The van der Waals surface area contributed by atoms with Crippen LogP contribution in [0.25, 0.3) is 0 Å². The maximum atomic E-state index is 12.6. The second kappa shape index (κ2) is 14.3. The van der Waals surface area contributed by atoms with Crippen molar-refractivity contribution in [3.63, 3.8) is 0 Å². The predicted molar refractivity (Wildman–Crippen MR) is 152 cm³/mol. The first-order valence-corrected chi connectivity index (χ1v) is 12.7. The number of aryl methyl sites for hydroxylation is 1. The standard InChI is InChI=1S/C28H29Cl2N3O6/c1-5-10-38-23-9-7-19(13-24(23)36-3)28(35)33-31-15-18-11-22(30)27(25(12-18)37-4)39-16-26(34)32-20-8-6-17(2)21(29)14-20/h6-9,11-15H,5,10,16H2,1-4H3,(H,32,34)(H,33,35)/b31-15+. The normalized spacial score (nSPS) is 10.7. The molecule has 0 bridgehead atoms. The third-order valence-electron chi connectivity index (χ3n) is 5.32. The van der Waals surface area contributed by atoms with Crippen LogP contribution >= 0.6 is 23.2 Å². The van der Waals surface area contributed by atoms with Crippen molar-refractivity contribution in [3.05, 3.63) is 75.3 Å². The summed E-state index contributed by atoms with van der Waals surface area (Å²) in [6.45, 7) is 4.10. The van der Waals surface area contributed by atoms with Crippen molar-refractivity contribution in [2.75, 3.05) is 32.8 Å². The fourth-order valence-corrected chi connectivity index (χ4v) is 3.78. The number of carbonyl (C=O) groups excluding carboxylic acids is 2. The first-order chi connectivity index (χ1) is 18.7. The summed E-state index contributed by atoms with van der Waals surface area (Å²) in [7, 11) is 2.95. The molecule has 0 atom stereocenters. The predicted octanol–water partition coefficient (Wildman–Crippen LogP) is 5.89. The maximum absolute atomic E-state index is 12.6. The molecule has 0 aliphatic rings. The van der Waals surface area contributed by atoms with Crippen molar-refractivity contribution in [3.8, 4) is 23.0 Å². The van der Waals surface area contributed by atoms with Crippen molar-refractivity contribution in [1.29, 1.82) is 0 Å². The molecule has 0 aliphatic carbocycles. The number of rotatable bonds is 12. The van der Waals surface area contributed by atoms with Gasteiger partial charge in [0.15, 0.2) is 29.6 Å². The van der Waals surface area contributed by atoms with Crippen molar-refractivity contribution in [2.45, 2.75) is 20.3 Å². The molecule has 0 fully saturated rings. The molecule has 0 spiro atoms. The number of hydrazone groups is 1. The number of benzene rings is 3. The molecule has 3 aromatic rings. The summed E-state index contributed by atoms with van der Waals surface area (Å²) in [5.41, 5.74) is 4.78. The van der Waals surface area contributed by atoms with E-state index in [-0.39, 0.29) is 23.1 Å². The number of carbonyl (C=O) groups is 2. The minimum Gasteiger partial charge on any atom is -0.493 e. The van der Waals surface area contributed by atoms with Gasteiger partial charge in [-0.1, -0.05) is 36.2 Å². The molecular formula is C28H29Cl2N3O6. The van der Waals surface area contributed by atoms with E-state index < -0.39 is 11.8 Å². The lowest BCUT2D eigenvalue weighted by Gasteiger charge is -2.13. The second-order valence-corrected chi connectivity index (χ2v) is 9.06. The van der Waals surface area contributed by atoms with E-state index in [1.54, 1.807) is 48.5 Å². The summed E-state index contributed by atoms with van der Waals surface area (Å²) >= 11 is 12.5. The molecule has 0 saturated heterocycles. The zero-order valence-electron chi connectivity index (χ0n) is 22.0. The first kappa shape index (κ1) is 29.6. The first-order valence-electron chi connectivity index (χ1n) is 12.0. The molecule has 9 nitrogen and oxygen atoms in total. The number of hydrogen-bond donors (Lipinski definition) is 2. The third kappa shape index (κ3) is 8.27. The van der Waals surface area contributed by atoms with E-state index in [1.807, 2.05) is 13.8 Å². The summed E-state index contributed by atoms with van der Waals surface area (Å²) in [6.07, 6.45) is 2.25. The minimum atomic E-state index is -0.439. The summed E-state index contributed by atoms with van der Waals surface area (Å²) in [5.74, 6) is 0.640. The van der Waals surface area contributed by atoms with Crippen LogP contribution in [0.4, 0.5) is 5.69 Å². The molecule has 0 aromatic heterocycles. The number of nitrogens with one attached hydrogen (secondary N) is 2. The average molecular weight is 574 g/mol. The summed E-state index contributed by atoms with van der Waals surface area (Å²) in [5, 5.41) is 7.45. The van der Waals surface area contributed by atoms with Crippen LogP contribution in [0.5, 0.6) is 23.0 Å². The quantitative estimate of drug-likeness (QED) is 0.206. The molecule has 0 unspecified atom stereocenters. The summed E-state index contributed by atoms with van der Waals surface area (Å²) < 4.78 is 21.9. The lowest BCUT2D eigenvalue weighted by atomic mass is 10.2. The fraction of sp³-hybridized carbons (Fsp3) is 0.250. The van der Waals surface area contributed by atoms with E-state index in [1.165, 1.54) is 20.4 Å². The Hall–Kier alpha value is -3.95. The average Bonchev–Trinajstić information content (AvgIpc) is 2.92. The van der Waals surface area contributed by atoms with Gasteiger partial charge < -0.3 is 24.3 Å². The lowest BCUT2D eigenvalue weighted by molar-refractivity contribution is -0.118. The van der Waals surface area contributed by atoms with Crippen molar-refractivity contribution < 1.29 is 28.5 Å². The highest BCUT2D eigenvalue weighted by atomic mass is 35.5. The smallest absolute Gasteiger partial charge is 0.271 e. The Labute approximate surface area is 237 Å². The Bertz CT molecular complexity index is 1360. The van der Waals surface area contributed by atoms with Crippen molar-refractivity contribution >= 4 is 46.9 Å². The molecular weight excluding hydrogens is 545 g/mol. The maximum Gasteiger partial charge on any atom is 0.271 e. The Balaban J connectivity index is 1.62. The summed E-state index contributed by atoms with van der Waals surface area (Å²) in [6, 6.07) is 13.2. The Morgan fingerprint density at radius 1 is 0.923 bits per heavy atom. The van der Waals surface area contributed by atoms with Crippen LogP contribution in [0, 0.1) is 6.92 Å². The largest absolute Gasteiger partial charge is 0.493 e. The Morgan fingerprint density at radius 3 is 2.38 bits per heavy atom. The molecule has 3 aromatic carbocycles. The van der Waals surface area contributed by atoms with Gasteiger partial charge in [0.25, 0.3) is 11.8 Å². The zero-order valence-corrected chi connectivity index (χ0v) is 23.5. The number of halogens is 2. The summed E-state index contributed by atoms with van der Waals surface area (Å²) in [4.78, 5) is 24.9. The van der Waals surface area contributed by atoms with Crippen LogP contribution < -0.4 is 29.7 Å². The number of anilines is 1. The molecule has 0 saturated carbocycles. The van der Waals surface area contributed by atoms with Crippen molar-refractivity contribution in [2.24, 2.45) is 5.10 Å². The molecule has 3 rings (SSSR count). The van der Waals surface area contributed by atoms with Gasteiger partial charge in [-0.25, -0.2) is 5.43 Å². The molecule has 0 heterocycles. The molecule has 39 heavy (non-hydrogen) atoms. The minimum absolute atomic E-state index is 0.190. The third-order valence-corrected chi connectivity index (χ3v) is 6.01. The molecule has 2 N–H and O–H groups in total. The van der Waals surface area contributed by atoms with Gasteiger partial charge in [0.1, 0.15) is 0 Å². The molecule has 206 valence electrons. The van der Waals surface area contributed by atoms with Crippen LogP contribution in [0.3, 0.4) is 0 Å². The molecule has 11 heteroatoms. The zero-order chi connectivity index (χ0) is 28.4. The topological polar surface area (TPSA) is 107 Å². The lowest BCUT2D eigenvalue weighted by Crippen LogP contribution is -2.20. The van der Waals surface area contributed by atoms with Gasteiger partial charge in [0, 0.05) is 16.3 Å². The second-order valence-electron chi connectivity index (χ2n) is 8.25. The Kier molecular flexibility index (Phi) is 10.8. The van der Waals surface area contributed by atoms with Gasteiger partial charge in [-0.15, -0.1) is 0 Å². The highest BCUT2D eigenvalue weighted by molar-refractivity contribution is 6.32. The van der Waals surface area contributed by atoms with E-state index in [4.69, 9.17) is 42.1 Å².